The molecule has 0 radical (unpaired) electrons. The monoisotopic (exact) mass is 263 g/mol. The second-order valence-corrected chi connectivity index (χ2v) is 5.56. The van der Waals surface area contributed by atoms with Gasteiger partial charge in [0.1, 0.15) is 12.1 Å². The molecule has 106 valence electrons. The average molecular weight is 263 g/mol. The summed E-state index contributed by atoms with van der Waals surface area (Å²) < 4.78 is 0. The van der Waals surface area contributed by atoms with E-state index >= 15 is 0 Å². The second kappa shape index (κ2) is 7.19. The maximum absolute atomic E-state index is 8.12. The van der Waals surface area contributed by atoms with Gasteiger partial charge >= 0.3 is 0 Å². The zero-order valence-corrected chi connectivity index (χ0v) is 12.6. The Kier molecular flexibility index (Phi) is 5.89. The van der Waals surface area contributed by atoms with E-state index in [4.69, 9.17) is 5.41 Å². The smallest absolute Gasteiger partial charge is 0.130 e. The van der Waals surface area contributed by atoms with Crippen LogP contribution in [0.2, 0.25) is 0 Å². The van der Waals surface area contributed by atoms with E-state index in [2.05, 4.69) is 41.0 Å². The van der Waals surface area contributed by atoms with Gasteiger partial charge in [0.15, 0.2) is 0 Å². The minimum Gasteiger partial charge on any atom is -0.370 e. The first-order valence-corrected chi connectivity index (χ1v) is 6.70. The summed E-state index contributed by atoms with van der Waals surface area (Å²) in [6.45, 7) is 7.28. The predicted octanol–water partition coefficient (Wildman–Crippen LogP) is 2.25. The topological polar surface area (TPSA) is 64.9 Å². The van der Waals surface area contributed by atoms with Crippen molar-refractivity contribution in [3.8, 4) is 0 Å². The molecule has 1 aromatic heterocycles. The molecular weight excluding hydrogens is 238 g/mol. The van der Waals surface area contributed by atoms with E-state index < -0.39 is 0 Å². The molecule has 0 amide bonds. The highest BCUT2D eigenvalue weighted by atomic mass is 15.1. The van der Waals surface area contributed by atoms with Crippen LogP contribution in [0, 0.1) is 11.3 Å². The lowest BCUT2D eigenvalue weighted by Gasteiger charge is -2.19. The third-order valence-electron chi connectivity index (χ3n) is 3.05. The molecule has 1 rings (SSSR count). The largest absolute Gasteiger partial charge is 0.370 e. The van der Waals surface area contributed by atoms with Gasteiger partial charge in [-0.2, -0.15) is 0 Å². The lowest BCUT2D eigenvalue weighted by molar-refractivity contribution is 0.321. The molecule has 0 bridgehead atoms. The van der Waals surface area contributed by atoms with Gasteiger partial charge in [-0.1, -0.05) is 13.8 Å². The molecule has 0 aliphatic heterocycles. The summed E-state index contributed by atoms with van der Waals surface area (Å²) in [7, 11) is 4.04. The molecule has 0 aromatic carbocycles. The van der Waals surface area contributed by atoms with Gasteiger partial charge in [0.2, 0.25) is 0 Å². The van der Waals surface area contributed by atoms with Gasteiger partial charge < -0.3 is 15.6 Å². The SMILES string of the molecule is CC(C)CNc1cc(C(=N)CC(C)N(C)C)ncn1. The standard InChI is InChI=1S/C14H25N5/c1-10(2)8-16-14-7-13(17-9-18-14)12(15)6-11(3)19(4)5/h7,9-11,15H,6,8H2,1-5H3,(H,16,17,18). The fourth-order valence-corrected chi connectivity index (χ4v) is 1.51. The maximum Gasteiger partial charge on any atom is 0.130 e. The third kappa shape index (κ3) is 5.34. The van der Waals surface area contributed by atoms with Crippen LogP contribution in [0.5, 0.6) is 0 Å². The molecule has 1 heterocycles. The Balaban J connectivity index is 2.67. The van der Waals surface area contributed by atoms with Crippen molar-refractivity contribution in [3.05, 3.63) is 18.1 Å². The quantitative estimate of drug-likeness (QED) is 0.741. The van der Waals surface area contributed by atoms with Crippen LogP contribution >= 0.6 is 0 Å². The minimum absolute atomic E-state index is 0.328. The first-order chi connectivity index (χ1) is 8.90. The molecule has 0 saturated carbocycles. The highest BCUT2D eigenvalue weighted by molar-refractivity contribution is 5.97. The van der Waals surface area contributed by atoms with E-state index in [-0.39, 0.29) is 0 Å². The molecule has 0 spiro atoms. The van der Waals surface area contributed by atoms with E-state index in [1.54, 1.807) is 0 Å². The molecule has 0 fully saturated rings. The van der Waals surface area contributed by atoms with Gasteiger partial charge in [-0.25, -0.2) is 9.97 Å². The van der Waals surface area contributed by atoms with Crippen LogP contribution in [0.4, 0.5) is 5.82 Å². The van der Waals surface area contributed by atoms with Crippen molar-refractivity contribution < 1.29 is 0 Å². The average Bonchev–Trinajstić information content (AvgIpc) is 2.36. The normalized spacial score (nSPS) is 12.8. The third-order valence-corrected chi connectivity index (χ3v) is 3.05. The molecule has 0 aliphatic carbocycles. The molecule has 0 aliphatic rings. The Bertz CT molecular complexity index is 414. The summed E-state index contributed by atoms with van der Waals surface area (Å²) in [5.74, 6) is 1.35. The van der Waals surface area contributed by atoms with E-state index in [0.29, 0.717) is 29.8 Å². The first-order valence-electron chi connectivity index (χ1n) is 6.70. The summed E-state index contributed by atoms with van der Waals surface area (Å²) in [6.07, 6.45) is 2.21. The summed E-state index contributed by atoms with van der Waals surface area (Å²) >= 11 is 0. The van der Waals surface area contributed by atoms with Crippen molar-refractivity contribution in [1.29, 1.82) is 5.41 Å². The summed E-state index contributed by atoms with van der Waals surface area (Å²) in [4.78, 5) is 10.5. The van der Waals surface area contributed by atoms with E-state index in [1.807, 2.05) is 20.2 Å². The predicted molar refractivity (Wildman–Crippen MR) is 80.0 cm³/mol. The van der Waals surface area contributed by atoms with Crippen molar-refractivity contribution in [2.24, 2.45) is 5.92 Å². The lowest BCUT2D eigenvalue weighted by Crippen LogP contribution is -2.27. The molecule has 1 atom stereocenters. The number of nitrogens with zero attached hydrogens (tertiary/aromatic N) is 3. The highest BCUT2D eigenvalue weighted by Gasteiger charge is 2.11. The van der Waals surface area contributed by atoms with Gasteiger partial charge in [-0.3, -0.25) is 0 Å². The van der Waals surface area contributed by atoms with Crippen LogP contribution in [-0.4, -0.2) is 47.3 Å². The Morgan fingerprint density at radius 2 is 2.00 bits per heavy atom. The maximum atomic E-state index is 8.12. The summed E-state index contributed by atoms with van der Waals surface area (Å²) in [5, 5.41) is 11.4. The zero-order chi connectivity index (χ0) is 14.4. The molecule has 2 N–H and O–H groups in total. The van der Waals surface area contributed by atoms with Gasteiger partial charge in [0.25, 0.3) is 0 Å². The summed E-state index contributed by atoms with van der Waals surface area (Å²) in [5.41, 5.74) is 1.26. The molecule has 1 aromatic rings. The highest BCUT2D eigenvalue weighted by Crippen LogP contribution is 2.10. The molecular formula is C14H25N5. The van der Waals surface area contributed by atoms with E-state index in [0.717, 1.165) is 12.4 Å². The van der Waals surface area contributed by atoms with Crippen molar-refractivity contribution in [2.75, 3.05) is 26.0 Å². The molecule has 1 unspecified atom stereocenters. The number of anilines is 1. The van der Waals surface area contributed by atoms with Crippen LogP contribution in [0.1, 0.15) is 32.9 Å². The molecule has 5 nitrogen and oxygen atoms in total. The summed E-state index contributed by atoms with van der Waals surface area (Å²) in [6, 6.07) is 2.18. The second-order valence-electron chi connectivity index (χ2n) is 5.56. The van der Waals surface area contributed by atoms with Crippen molar-refractivity contribution >= 4 is 11.5 Å². The fourth-order valence-electron chi connectivity index (χ4n) is 1.51. The van der Waals surface area contributed by atoms with E-state index in [1.165, 1.54) is 6.33 Å². The molecule has 0 saturated heterocycles. The number of rotatable bonds is 7. The minimum atomic E-state index is 0.328. The van der Waals surface area contributed by atoms with Crippen LogP contribution < -0.4 is 5.32 Å². The number of nitrogens with one attached hydrogen (secondary N) is 2. The van der Waals surface area contributed by atoms with Gasteiger partial charge in [0.05, 0.1) is 11.4 Å². The zero-order valence-electron chi connectivity index (χ0n) is 12.6. The Labute approximate surface area is 116 Å². The Morgan fingerprint density at radius 3 is 2.58 bits per heavy atom. The van der Waals surface area contributed by atoms with Gasteiger partial charge in [-0.05, 0) is 26.9 Å². The molecule has 5 heteroatoms. The van der Waals surface area contributed by atoms with Crippen molar-refractivity contribution in [2.45, 2.75) is 33.2 Å². The van der Waals surface area contributed by atoms with Crippen molar-refractivity contribution in [3.63, 3.8) is 0 Å². The Hall–Kier alpha value is -1.49. The van der Waals surface area contributed by atoms with Crippen LogP contribution in [0.3, 0.4) is 0 Å². The number of aromatic nitrogens is 2. The molecule has 19 heavy (non-hydrogen) atoms. The van der Waals surface area contributed by atoms with Crippen molar-refractivity contribution in [1.82, 2.24) is 14.9 Å². The van der Waals surface area contributed by atoms with Crippen LogP contribution in [-0.2, 0) is 0 Å². The van der Waals surface area contributed by atoms with Crippen LogP contribution in [0.15, 0.2) is 12.4 Å². The fraction of sp³-hybridized carbons (Fsp3) is 0.643. The van der Waals surface area contributed by atoms with Crippen LogP contribution in [0.25, 0.3) is 0 Å². The first kappa shape index (κ1) is 15.6. The Morgan fingerprint density at radius 1 is 1.32 bits per heavy atom. The van der Waals surface area contributed by atoms with E-state index in [9.17, 15) is 0 Å². The number of hydrogen-bond donors (Lipinski definition) is 2. The van der Waals surface area contributed by atoms with Gasteiger partial charge in [0, 0.05) is 25.1 Å². The lowest BCUT2D eigenvalue weighted by atomic mass is 10.1. The van der Waals surface area contributed by atoms with Gasteiger partial charge in [-0.15, -0.1) is 0 Å². The number of hydrogen-bond acceptors (Lipinski definition) is 5.